The smallest absolute Gasteiger partial charge is 0.129 e. The van der Waals surface area contributed by atoms with Crippen LogP contribution in [0, 0.1) is 0 Å². The van der Waals surface area contributed by atoms with Gasteiger partial charge in [-0.15, -0.1) is 0 Å². The molecule has 0 aromatic heterocycles. The standard InChI is InChI=1S/C100H200O/c1-3-4-5-6-7-8-9-10-11-12-13-14-15-16-17-18-19-20-21-22-23-24-25-26-27-28-29-30-31-32-33-34-35-36-37-38-39-40-41-42-43-44-45-46-47-48-49-50-51-52-53-54-55-56-57-58-59-60-61-62-63-64-65-66-67-68-69-70-71-72-73-74-75-76-77-78-79-80-81-82-83-84-85-86-87-88-89-90-91-92-93-94-95-96-97-98-99-100(2)101/h3-99H2,1-2H3. The van der Waals surface area contributed by atoms with Crippen molar-refractivity contribution in [1.82, 2.24) is 0 Å². The van der Waals surface area contributed by atoms with E-state index >= 15 is 0 Å². The topological polar surface area (TPSA) is 17.1 Å². The van der Waals surface area contributed by atoms with Crippen LogP contribution < -0.4 is 0 Å². The van der Waals surface area contributed by atoms with Gasteiger partial charge < -0.3 is 4.79 Å². The second-order valence-electron chi connectivity index (χ2n) is 35.0. The van der Waals surface area contributed by atoms with Gasteiger partial charge in [0.15, 0.2) is 0 Å². The largest absolute Gasteiger partial charge is 0.300 e. The number of rotatable bonds is 97. The quantitative estimate of drug-likeness (QED) is 0.0555. The molecule has 0 aromatic carbocycles. The van der Waals surface area contributed by atoms with Gasteiger partial charge in [0, 0.05) is 6.42 Å². The maximum atomic E-state index is 11.0. The lowest BCUT2D eigenvalue weighted by atomic mass is 10.0. The first-order valence-electron chi connectivity index (χ1n) is 49.8. The number of carbonyl (C=O) groups excluding carboxylic acids is 1. The fourth-order valence-electron chi connectivity index (χ4n) is 17.1. The third-order valence-corrected chi connectivity index (χ3v) is 24.4. The molecule has 1 heteroatoms. The summed E-state index contributed by atoms with van der Waals surface area (Å²) in [5.74, 6) is 0.356. The van der Waals surface area contributed by atoms with E-state index in [9.17, 15) is 4.79 Å². The summed E-state index contributed by atoms with van der Waals surface area (Å²) in [7, 11) is 0. The Hall–Kier alpha value is -0.330. The number of hydrogen-bond donors (Lipinski definition) is 0. The summed E-state index contributed by atoms with van der Waals surface area (Å²) in [5, 5.41) is 0. The summed E-state index contributed by atoms with van der Waals surface area (Å²) in [6.45, 7) is 4.04. The minimum Gasteiger partial charge on any atom is -0.300 e. The molecule has 0 aliphatic rings. The summed E-state index contributed by atoms with van der Waals surface area (Å²) in [5.41, 5.74) is 0. The van der Waals surface area contributed by atoms with Crippen molar-refractivity contribution >= 4 is 5.78 Å². The average molecular weight is 1420 g/mol. The zero-order valence-electron chi connectivity index (χ0n) is 71.5. The highest BCUT2D eigenvalue weighted by atomic mass is 16.1. The summed E-state index contributed by atoms with van der Waals surface area (Å²) in [6.07, 6.45) is 143. The van der Waals surface area contributed by atoms with Crippen molar-refractivity contribution in [3.05, 3.63) is 0 Å². The highest BCUT2D eigenvalue weighted by Gasteiger charge is 2.04. The van der Waals surface area contributed by atoms with Crippen molar-refractivity contribution in [2.75, 3.05) is 0 Å². The van der Waals surface area contributed by atoms with E-state index < -0.39 is 0 Å². The lowest BCUT2D eigenvalue weighted by Crippen LogP contribution is -1.89. The van der Waals surface area contributed by atoms with Gasteiger partial charge >= 0.3 is 0 Å². The number of Topliss-reactive ketones (excluding diaryl/α,β-unsaturated/α-hetero) is 1. The molecular weight excluding hydrogens is 1220 g/mol. The molecule has 1 nitrogen and oxygen atoms in total. The molecule has 606 valence electrons. The lowest BCUT2D eigenvalue weighted by molar-refractivity contribution is -0.117. The van der Waals surface area contributed by atoms with E-state index in [-0.39, 0.29) is 0 Å². The zero-order chi connectivity index (χ0) is 72.2. The van der Waals surface area contributed by atoms with Gasteiger partial charge in [0.2, 0.25) is 0 Å². The predicted octanol–water partition coefficient (Wildman–Crippen LogP) is 38.4. The molecule has 0 aliphatic heterocycles. The van der Waals surface area contributed by atoms with Crippen LogP contribution in [0.25, 0.3) is 0 Å². The van der Waals surface area contributed by atoms with Crippen LogP contribution in [-0.2, 0) is 4.79 Å². The van der Waals surface area contributed by atoms with E-state index in [4.69, 9.17) is 0 Å². The van der Waals surface area contributed by atoms with Gasteiger partial charge in [-0.25, -0.2) is 0 Å². The van der Waals surface area contributed by atoms with Crippen LogP contribution in [0.2, 0.25) is 0 Å². The summed E-state index contributed by atoms with van der Waals surface area (Å²) in [6, 6.07) is 0. The van der Waals surface area contributed by atoms with Crippen LogP contribution in [0.4, 0.5) is 0 Å². The molecule has 0 bridgehead atoms. The molecule has 0 unspecified atom stereocenters. The van der Waals surface area contributed by atoms with E-state index in [1.54, 1.807) is 6.92 Å². The van der Waals surface area contributed by atoms with E-state index in [1.807, 2.05) is 0 Å². The fourth-order valence-corrected chi connectivity index (χ4v) is 17.1. The number of ketones is 1. The van der Waals surface area contributed by atoms with Crippen LogP contribution in [0.3, 0.4) is 0 Å². The molecule has 0 N–H and O–H groups in total. The van der Waals surface area contributed by atoms with Crippen molar-refractivity contribution in [3.8, 4) is 0 Å². The molecule has 0 saturated carbocycles. The lowest BCUT2D eigenvalue weighted by Gasteiger charge is -2.05. The van der Waals surface area contributed by atoms with Gasteiger partial charge in [0.1, 0.15) is 5.78 Å². The molecule has 0 aromatic rings. The zero-order valence-corrected chi connectivity index (χ0v) is 71.5. The molecule has 0 saturated heterocycles. The Morgan fingerprint density at radius 3 is 0.228 bits per heavy atom. The molecule has 0 heterocycles. The second kappa shape index (κ2) is 97.7. The molecule has 0 amide bonds. The second-order valence-corrected chi connectivity index (χ2v) is 35.0. The van der Waals surface area contributed by atoms with E-state index in [0.29, 0.717) is 5.78 Å². The summed E-state index contributed by atoms with van der Waals surface area (Å²) in [4.78, 5) is 11.0. The summed E-state index contributed by atoms with van der Waals surface area (Å²) < 4.78 is 0. The summed E-state index contributed by atoms with van der Waals surface area (Å²) >= 11 is 0. The normalized spacial score (nSPS) is 11.8. The van der Waals surface area contributed by atoms with Crippen LogP contribution >= 0.6 is 0 Å². The minimum atomic E-state index is 0.356. The van der Waals surface area contributed by atoms with Gasteiger partial charge in [0.05, 0.1) is 0 Å². The van der Waals surface area contributed by atoms with Gasteiger partial charge in [-0.05, 0) is 13.3 Å². The van der Waals surface area contributed by atoms with Crippen molar-refractivity contribution in [3.63, 3.8) is 0 Å². The van der Waals surface area contributed by atoms with E-state index in [0.717, 1.165) is 12.8 Å². The molecule has 0 aliphatic carbocycles. The highest BCUT2D eigenvalue weighted by Crippen LogP contribution is 2.24. The number of hydrogen-bond acceptors (Lipinski definition) is 1. The number of unbranched alkanes of at least 4 members (excludes halogenated alkanes) is 95. The third kappa shape index (κ3) is 99.7. The Labute approximate surface area is 643 Å². The average Bonchev–Trinajstić information content (AvgIpc) is 3.69. The van der Waals surface area contributed by atoms with Gasteiger partial charge in [-0.1, -0.05) is 617 Å². The Bertz CT molecular complexity index is 1380. The van der Waals surface area contributed by atoms with E-state index in [1.165, 1.54) is 610 Å². The predicted molar refractivity (Wildman–Crippen MR) is 464 cm³/mol. The Balaban J connectivity index is 3.09. The first-order chi connectivity index (χ1) is 50.3. The molecule has 0 atom stereocenters. The van der Waals surface area contributed by atoms with Crippen molar-refractivity contribution < 1.29 is 4.79 Å². The highest BCUT2D eigenvalue weighted by molar-refractivity contribution is 5.75. The Morgan fingerprint density at radius 1 is 0.109 bits per heavy atom. The first kappa shape index (κ1) is 101. The van der Waals surface area contributed by atoms with Crippen molar-refractivity contribution in [1.29, 1.82) is 0 Å². The van der Waals surface area contributed by atoms with Gasteiger partial charge in [0.25, 0.3) is 0 Å². The van der Waals surface area contributed by atoms with E-state index in [2.05, 4.69) is 6.92 Å². The monoisotopic (exact) mass is 1420 g/mol. The first-order valence-corrected chi connectivity index (χ1v) is 49.8. The van der Waals surface area contributed by atoms with Crippen LogP contribution in [-0.4, -0.2) is 5.78 Å². The maximum absolute atomic E-state index is 11.0. The van der Waals surface area contributed by atoms with Gasteiger partial charge in [-0.2, -0.15) is 0 Å². The molecule has 0 radical (unpaired) electrons. The van der Waals surface area contributed by atoms with Crippen molar-refractivity contribution in [2.45, 2.75) is 637 Å². The SMILES string of the molecule is CCCCCCCCCCCCCCCCCCCCCCCCCCCCCCCCCCCCCCCCCCCCCCCCCCCCCCCCCCCCCCCCCCCCCCCCCCCCCCCCCCCCCCCCCCCCCCCCCCC(C)=O. The maximum Gasteiger partial charge on any atom is 0.129 e. The Morgan fingerprint density at radius 2 is 0.168 bits per heavy atom. The van der Waals surface area contributed by atoms with Gasteiger partial charge in [-0.3, -0.25) is 0 Å². The van der Waals surface area contributed by atoms with Crippen LogP contribution in [0.1, 0.15) is 637 Å². The molecular formula is C100H200O. The molecule has 0 spiro atoms. The molecule has 0 fully saturated rings. The molecule has 0 rings (SSSR count). The Kier molecular flexibility index (Phi) is 97.4. The third-order valence-electron chi connectivity index (χ3n) is 24.4. The molecule has 101 heavy (non-hydrogen) atoms. The van der Waals surface area contributed by atoms with Crippen LogP contribution in [0.15, 0.2) is 0 Å². The fraction of sp³-hybridized carbons (Fsp3) is 0.990. The minimum absolute atomic E-state index is 0.356. The number of carbonyl (C=O) groups is 1. The van der Waals surface area contributed by atoms with Crippen molar-refractivity contribution in [2.24, 2.45) is 0 Å². The van der Waals surface area contributed by atoms with Crippen LogP contribution in [0.5, 0.6) is 0 Å².